The first-order valence-corrected chi connectivity index (χ1v) is 15.5. The van der Waals surface area contributed by atoms with Crippen molar-refractivity contribution in [3.8, 4) is 0 Å². The third-order valence-electron chi connectivity index (χ3n) is 12.1. The minimum Gasteiger partial charge on any atom is -0.393 e. The zero-order chi connectivity index (χ0) is 25.7. The van der Waals surface area contributed by atoms with Crippen LogP contribution in [0.2, 0.25) is 0 Å². The Morgan fingerprint density at radius 3 is 2.49 bits per heavy atom. The molecule has 0 bridgehead atoms. The highest BCUT2D eigenvalue weighted by Crippen LogP contribution is 2.68. The summed E-state index contributed by atoms with van der Waals surface area (Å²) in [7, 11) is 0. The van der Waals surface area contributed by atoms with Crippen LogP contribution < -0.4 is 0 Å². The third-order valence-corrected chi connectivity index (χ3v) is 12.1. The largest absolute Gasteiger partial charge is 0.393 e. The van der Waals surface area contributed by atoms with Gasteiger partial charge in [0.05, 0.1) is 12.2 Å². The van der Waals surface area contributed by atoms with Crippen LogP contribution in [0.15, 0.2) is 0 Å². The van der Waals surface area contributed by atoms with Gasteiger partial charge >= 0.3 is 0 Å². The fourth-order valence-corrected chi connectivity index (χ4v) is 10.2. The highest BCUT2D eigenvalue weighted by atomic mass is 16.7. The van der Waals surface area contributed by atoms with E-state index in [9.17, 15) is 5.11 Å². The SMILES string of the molecule is [2H][C@@H]1C[C@@]2(C)[C@H](C[C@H]1OC1CCCCO1)[C@H](O)C[C@@H]1[C@@H]2CC[C@]2(C)[C@@H]([C@H](C)CCCC(C)C)CC[C@@H]12. The summed E-state index contributed by atoms with van der Waals surface area (Å²) in [6, 6.07) is 0. The minimum atomic E-state index is -0.244. The van der Waals surface area contributed by atoms with Gasteiger partial charge in [-0.3, -0.25) is 0 Å². The molecule has 0 aromatic carbocycles. The second kappa shape index (κ2) is 10.6. The van der Waals surface area contributed by atoms with Gasteiger partial charge in [0.25, 0.3) is 0 Å². The lowest BCUT2D eigenvalue weighted by Gasteiger charge is -2.62. The standard InChI is InChI=1S/C32H56O3/c1-21(2)9-8-10-22(3)25-12-13-26-24-20-29(33)28-19-23(35-30-11-6-7-18-34-30)14-16-32(28,5)27(24)15-17-31(25,26)4/h21-30,33H,6-20H2,1-5H3/t22-,23+,24+,25-,26+,27+,28-,29-,30?,31-,32-/m1/s1/i14D/t14-,22-,23+,24+,25-,26+,27+,28-,29-,30?,31-,32-. The lowest BCUT2D eigenvalue weighted by atomic mass is 9.43. The molecule has 0 spiro atoms. The summed E-state index contributed by atoms with van der Waals surface area (Å²) < 4.78 is 21.3. The Balaban J connectivity index is 1.28. The van der Waals surface area contributed by atoms with Crippen LogP contribution >= 0.6 is 0 Å². The topological polar surface area (TPSA) is 38.7 Å². The maximum Gasteiger partial charge on any atom is 0.157 e. The van der Waals surface area contributed by atoms with Crippen molar-refractivity contribution < 1.29 is 16.0 Å². The second-order valence-electron chi connectivity index (χ2n) is 14.5. The quantitative estimate of drug-likeness (QED) is 0.368. The number of aliphatic hydroxyl groups excluding tert-OH is 1. The number of ether oxygens (including phenoxy) is 2. The van der Waals surface area contributed by atoms with E-state index in [1.807, 2.05) is 0 Å². The molecule has 1 aliphatic heterocycles. The molecule has 35 heavy (non-hydrogen) atoms. The number of hydrogen-bond donors (Lipinski definition) is 1. The summed E-state index contributed by atoms with van der Waals surface area (Å²) in [5.41, 5.74) is 0.519. The molecule has 0 radical (unpaired) electrons. The van der Waals surface area contributed by atoms with Crippen molar-refractivity contribution in [1.82, 2.24) is 0 Å². The van der Waals surface area contributed by atoms with E-state index in [0.717, 1.165) is 68.8 Å². The highest BCUT2D eigenvalue weighted by molar-refractivity contribution is 5.11. The lowest BCUT2D eigenvalue weighted by molar-refractivity contribution is -0.224. The molecule has 1 unspecified atom stereocenters. The van der Waals surface area contributed by atoms with Crippen molar-refractivity contribution in [2.45, 2.75) is 143 Å². The molecule has 0 amide bonds. The van der Waals surface area contributed by atoms with Gasteiger partial charge in [-0.25, -0.2) is 0 Å². The predicted molar refractivity (Wildman–Crippen MR) is 143 cm³/mol. The Hall–Kier alpha value is -0.120. The molecule has 5 rings (SSSR count). The molecular weight excluding hydrogens is 432 g/mol. The average molecular weight is 490 g/mol. The molecule has 1 heterocycles. The van der Waals surface area contributed by atoms with Gasteiger partial charge in [-0.05, 0) is 123 Å². The van der Waals surface area contributed by atoms with E-state index < -0.39 is 0 Å². The Kier molecular flexibility index (Phi) is 7.60. The van der Waals surface area contributed by atoms with E-state index in [1.54, 1.807) is 0 Å². The Morgan fingerprint density at radius 1 is 0.943 bits per heavy atom. The van der Waals surface area contributed by atoms with Crippen molar-refractivity contribution >= 4 is 0 Å². The average Bonchev–Trinajstić information content (AvgIpc) is 3.18. The van der Waals surface area contributed by atoms with Gasteiger partial charge in [0.1, 0.15) is 0 Å². The maximum atomic E-state index is 11.6. The van der Waals surface area contributed by atoms with Crippen molar-refractivity contribution in [2.75, 3.05) is 6.61 Å². The van der Waals surface area contributed by atoms with Crippen molar-refractivity contribution in [1.29, 1.82) is 0 Å². The van der Waals surface area contributed by atoms with Crippen LogP contribution in [0.5, 0.6) is 0 Å². The van der Waals surface area contributed by atoms with Crippen LogP contribution in [0.25, 0.3) is 0 Å². The maximum absolute atomic E-state index is 11.6. The molecule has 0 aromatic rings. The van der Waals surface area contributed by atoms with E-state index >= 15 is 0 Å². The molecule has 4 aliphatic carbocycles. The zero-order valence-electron chi connectivity index (χ0n) is 24.5. The van der Waals surface area contributed by atoms with Gasteiger partial charge in [0.2, 0.25) is 0 Å². The van der Waals surface area contributed by atoms with Crippen LogP contribution in [0, 0.1) is 52.3 Å². The summed E-state index contributed by atoms with van der Waals surface area (Å²) >= 11 is 0. The van der Waals surface area contributed by atoms with Crippen molar-refractivity contribution in [3.05, 3.63) is 0 Å². The first-order valence-electron chi connectivity index (χ1n) is 16.1. The molecule has 4 saturated carbocycles. The van der Waals surface area contributed by atoms with E-state index in [1.165, 1.54) is 44.9 Å². The summed E-state index contributed by atoms with van der Waals surface area (Å²) in [6.07, 6.45) is 14.8. The summed E-state index contributed by atoms with van der Waals surface area (Å²) in [5, 5.41) is 11.6. The number of fused-ring (bicyclic) bond motifs is 5. The van der Waals surface area contributed by atoms with E-state index in [2.05, 4.69) is 34.6 Å². The molecule has 5 fully saturated rings. The monoisotopic (exact) mass is 489 g/mol. The van der Waals surface area contributed by atoms with E-state index in [-0.39, 0.29) is 36.2 Å². The molecule has 1 saturated heterocycles. The molecular formula is C32H56O3. The van der Waals surface area contributed by atoms with Crippen molar-refractivity contribution in [3.63, 3.8) is 0 Å². The van der Waals surface area contributed by atoms with Crippen LogP contribution in [0.1, 0.15) is 126 Å². The molecule has 3 heteroatoms. The van der Waals surface area contributed by atoms with Crippen molar-refractivity contribution in [2.24, 2.45) is 52.3 Å². The molecule has 12 atom stereocenters. The predicted octanol–water partition coefficient (Wildman–Crippen LogP) is 7.99. The Labute approximate surface area is 217 Å². The molecule has 202 valence electrons. The van der Waals surface area contributed by atoms with Gasteiger partial charge in [-0.2, -0.15) is 0 Å². The van der Waals surface area contributed by atoms with Gasteiger partial charge in [0, 0.05) is 7.98 Å². The van der Waals surface area contributed by atoms with E-state index in [4.69, 9.17) is 10.8 Å². The molecule has 3 nitrogen and oxygen atoms in total. The summed E-state index contributed by atoms with van der Waals surface area (Å²) in [5.74, 6) is 4.81. The summed E-state index contributed by atoms with van der Waals surface area (Å²) in [6.45, 7) is 13.1. The highest BCUT2D eigenvalue weighted by Gasteiger charge is 2.62. The first-order chi connectivity index (χ1) is 17.1. The smallest absolute Gasteiger partial charge is 0.157 e. The lowest BCUT2D eigenvalue weighted by Crippen LogP contribution is -2.58. The molecule has 1 N–H and O–H groups in total. The third kappa shape index (κ3) is 5.01. The van der Waals surface area contributed by atoms with Crippen LogP contribution in [-0.4, -0.2) is 30.2 Å². The zero-order valence-corrected chi connectivity index (χ0v) is 23.5. The van der Waals surface area contributed by atoms with Crippen LogP contribution in [-0.2, 0) is 9.47 Å². The minimum absolute atomic E-state index is 0.0737. The van der Waals surface area contributed by atoms with Gasteiger partial charge in [-0.15, -0.1) is 0 Å². The van der Waals surface area contributed by atoms with Gasteiger partial charge < -0.3 is 14.6 Å². The van der Waals surface area contributed by atoms with E-state index in [0.29, 0.717) is 17.3 Å². The number of rotatable bonds is 7. The molecule has 0 aromatic heterocycles. The first kappa shape index (κ1) is 25.2. The van der Waals surface area contributed by atoms with Crippen LogP contribution in [0.3, 0.4) is 0 Å². The van der Waals surface area contributed by atoms with Crippen LogP contribution in [0.4, 0.5) is 0 Å². The van der Waals surface area contributed by atoms with Gasteiger partial charge in [0.15, 0.2) is 6.29 Å². The number of aliphatic hydroxyl groups is 1. The normalized spacial score (nSPS) is 51.3. The second-order valence-corrected chi connectivity index (χ2v) is 14.5. The summed E-state index contributed by atoms with van der Waals surface area (Å²) in [4.78, 5) is 0. The number of hydrogen-bond acceptors (Lipinski definition) is 3. The fraction of sp³-hybridized carbons (Fsp3) is 1.00. The fourth-order valence-electron chi connectivity index (χ4n) is 10.2. The Bertz CT molecular complexity index is 737. The van der Waals surface area contributed by atoms with Gasteiger partial charge in [-0.1, -0.05) is 53.9 Å². The Morgan fingerprint density at radius 2 is 1.74 bits per heavy atom. The molecule has 5 aliphatic rings.